The quantitative estimate of drug-likeness (QED) is 0.263. The molecule has 2 nitrogen and oxygen atoms in total. The first-order valence-electron chi connectivity index (χ1n) is 11.0. The van der Waals surface area contributed by atoms with E-state index in [4.69, 9.17) is 4.99 Å². The molecule has 0 aromatic heterocycles. The third-order valence-corrected chi connectivity index (χ3v) is 5.86. The molecule has 4 aromatic rings. The topological polar surface area (TPSA) is 32.6 Å². The van der Waals surface area contributed by atoms with Crippen LogP contribution in [0, 0.1) is 27.7 Å². The molecule has 4 rings (SSSR count). The summed E-state index contributed by atoms with van der Waals surface area (Å²) in [7, 11) is 0. The summed E-state index contributed by atoms with van der Waals surface area (Å²) in [4.78, 5) is 4.78. The molecule has 0 atom stereocenters. The van der Waals surface area contributed by atoms with Crippen molar-refractivity contribution in [2.75, 3.05) is 0 Å². The number of nitrogens with zero attached hydrogens (tertiary/aromatic N) is 1. The number of aromatic hydroxyl groups is 1. The Morgan fingerprint density at radius 1 is 0.688 bits per heavy atom. The van der Waals surface area contributed by atoms with Gasteiger partial charge in [0, 0.05) is 23.3 Å². The maximum Gasteiger partial charge on any atom is 0.128 e. The highest BCUT2D eigenvalue weighted by atomic mass is 16.3. The summed E-state index contributed by atoms with van der Waals surface area (Å²) in [5.74, 6) is 0.215. The number of phenols is 1. The molecule has 0 radical (unpaired) electrons. The highest BCUT2D eigenvalue weighted by Crippen LogP contribution is 2.39. The van der Waals surface area contributed by atoms with E-state index in [-0.39, 0.29) is 11.7 Å². The number of phenolic OH excluding ortho intramolecular Hbond substituents is 1. The van der Waals surface area contributed by atoms with Gasteiger partial charge in [-0.3, -0.25) is 4.99 Å². The molecule has 0 fully saturated rings. The number of aliphatic imine (C=N–C) groups is 1. The van der Waals surface area contributed by atoms with Crippen molar-refractivity contribution in [2.45, 2.75) is 33.6 Å². The van der Waals surface area contributed by atoms with Crippen LogP contribution in [0.5, 0.6) is 5.75 Å². The van der Waals surface area contributed by atoms with Crippen molar-refractivity contribution in [3.05, 3.63) is 129 Å². The molecule has 4 aromatic carbocycles. The van der Waals surface area contributed by atoms with E-state index in [9.17, 15) is 5.11 Å². The molecule has 1 N–H and O–H groups in total. The molecular formula is C30H29NO. The maximum absolute atomic E-state index is 11.4. The minimum atomic E-state index is -0.0627. The largest absolute Gasteiger partial charge is 0.507 e. The summed E-state index contributed by atoms with van der Waals surface area (Å²) < 4.78 is 0. The lowest BCUT2D eigenvalue weighted by Gasteiger charge is -2.21. The molecule has 32 heavy (non-hydrogen) atoms. The van der Waals surface area contributed by atoms with Crippen LogP contribution in [-0.4, -0.2) is 11.3 Å². The van der Waals surface area contributed by atoms with Gasteiger partial charge in [-0.25, -0.2) is 0 Å². The van der Waals surface area contributed by atoms with Crippen LogP contribution in [0.15, 0.2) is 89.9 Å². The van der Waals surface area contributed by atoms with Crippen LogP contribution >= 0.6 is 0 Å². The van der Waals surface area contributed by atoms with Crippen LogP contribution < -0.4 is 0 Å². The van der Waals surface area contributed by atoms with Gasteiger partial charge in [0.25, 0.3) is 0 Å². The Balaban J connectivity index is 1.84. The molecule has 0 aliphatic carbocycles. The summed E-state index contributed by atoms with van der Waals surface area (Å²) in [5.41, 5.74) is 9.47. The third kappa shape index (κ3) is 4.50. The number of aryl methyl sites for hydroxylation is 4. The van der Waals surface area contributed by atoms with Crippen LogP contribution in [0.1, 0.15) is 50.4 Å². The van der Waals surface area contributed by atoms with Crippen molar-refractivity contribution in [3.8, 4) is 5.75 Å². The molecule has 160 valence electrons. The minimum absolute atomic E-state index is 0.0627. The predicted molar refractivity (Wildman–Crippen MR) is 135 cm³/mol. The Labute approximate surface area is 190 Å². The highest BCUT2D eigenvalue weighted by Gasteiger charge is 2.21. The summed E-state index contributed by atoms with van der Waals surface area (Å²) >= 11 is 0. The van der Waals surface area contributed by atoms with Crippen molar-refractivity contribution in [1.29, 1.82) is 0 Å². The number of hydrogen-bond acceptors (Lipinski definition) is 2. The van der Waals surface area contributed by atoms with E-state index < -0.39 is 0 Å². The second-order valence-electron chi connectivity index (χ2n) is 8.55. The zero-order valence-electron chi connectivity index (χ0n) is 19.1. The van der Waals surface area contributed by atoms with Crippen molar-refractivity contribution in [1.82, 2.24) is 0 Å². The zero-order valence-corrected chi connectivity index (χ0v) is 19.1. The van der Waals surface area contributed by atoms with Gasteiger partial charge in [-0.05, 0) is 61.6 Å². The molecule has 0 aliphatic rings. The van der Waals surface area contributed by atoms with E-state index in [2.05, 4.69) is 70.2 Å². The first-order chi connectivity index (χ1) is 15.4. The molecule has 0 saturated carbocycles. The first-order valence-corrected chi connectivity index (χ1v) is 11.0. The van der Waals surface area contributed by atoms with E-state index in [0.717, 1.165) is 44.6 Å². The van der Waals surface area contributed by atoms with E-state index in [0.29, 0.717) is 0 Å². The molecular weight excluding hydrogens is 390 g/mol. The summed E-state index contributed by atoms with van der Waals surface area (Å²) in [6.45, 7) is 8.32. The normalized spacial score (nSPS) is 11.4. The van der Waals surface area contributed by atoms with Crippen LogP contribution in [0.3, 0.4) is 0 Å². The molecule has 0 unspecified atom stereocenters. The Hall–Kier alpha value is -3.65. The van der Waals surface area contributed by atoms with Crippen LogP contribution in [0.25, 0.3) is 0 Å². The fraction of sp³-hybridized carbons (Fsp3) is 0.167. The predicted octanol–water partition coefficient (Wildman–Crippen LogP) is 7.56. The van der Waals surface area contributed by atoms with Gasteiger partial charge in [0.2, 0.25) is 0 Å². The maximum atomic E-state index is 11.4. The van der Waals surface area contributed by atoms with Gasteiger partial charge in [0.05, 0.1) is 5.69 Å². The van der Waals surface area contributed by atoms with Gasteiger partial charge in [0.15, 0.2) is 0 Å². The minimum Gasteiger partial charge on any atom is -0.507 e. The standard InChI is InChI=1S/C30H29NO/c1-20-15-22(3)29(23(4)16-20)31-19-26-17-21(2)18-27(30(26)32)28(24-11-7-5-8-12-24)25-13-9-6-10-14-25/h5-19,28,32H,1-4H3. The van der Waals surface area contributed by atoms with E-state index in [1.165, 1.54) is 5.56 Å². The second kappa shape index (κ2) is 9.23. The summed E-state index contributed by atoms with van der Waals surface area (Å²) in [6.07, 6.45) is 1.80. The Kier molecular flexibility index (Phi) is 6.23. The van der Waals surface area contributed by atoms with Crippen molar-refractivity contribution < 1.29 is 5.11 Å². The second-order valence-corrected chi connectivity index (χ2v) is 8.55. The molecule has 0 heterocycles. The van der Waals surface area contributed by atoms with Crippen molar-refractivity contribution in [2.24, 2.45) is 4.99 Å². The monoisotopic (exact) mass is 419 g/mol. The smallest absolute Gasteiger partial charge is 0.128 e. The van der Waals surface area contributed by atoms with Crippen molar-refractivity contribution >= 4 is 11.9 Å². The molecule has 0 spiro atoms. The van der Waals surface area contributed by atoms with E-state index >= 15 is 0 Å². The van der Waals surface area contributed by atoms with Gasteiger partial charge >= 0.3 is 0 Å². The van der Waals surface area contributed by atoms with Gasteiger partial charge in [-0.2, -0.15) is 0 Å². The van der Waals surface area contributed by atoms with Crippen LogP contribution in [0.2, 0.25) is 0 Å². The van der Waals surface area contributed by atoms with E-state index in [1.54, 1.807) is 6.21 Å². The zero-order chi connectivity index (χ0) is 22.7. The molecule has 2 heteroatoms. The van der Waals surface area contributed by atoms with E-state index in [1.807, 2.05) is 42.5 Å². The third-order valence-electron chi connectivity index (χ3n) is 5.86. The Morgan fingerprint density at radius 2 is 1.19 bits per heavy atom. The fourth-order valence-electron chi connectivity index (χ4n) is 4.51. The molecule has 0 aliphatic heterocycles. The average Bonchev–Trinajstić information content (AvgIpc) is 2.77. The lowest BCUT2D eigenvalue weighted by atomic mass is 9.83. The highest BCUT2D eigenvalue weighted by molar-refractivity contribution is 5.87. The molecule has 0 saturated heterocycles. The van der Waals surface area contributed by atoms with Gasteiger partial charge in [-0.1, -0.05) is 84.4 Å². The SMILES string of the molecule is Cc1cc(C)c(N=Cc2cc(C)cc(C(c3ccccc3)c3ccccc3)c2O)c(C)c1. The first kappa shape index (κ1) is 21.6. The molecule has 0 amide bonds. The van der Waals surface area contributed by atoms with Crippen LogP contribution in [0.4, 0.5) is 5.69 Å². The van der Waals surface area contributed by atoms with Gasteiger partial charge in [0.1, 0.15) is 5.75 Å². The number of rotatable bonds is 5. The molecule has 0 bridgehead atoms. The Bertz CT molecular complexity index is 1190. The summed E-state index contributed by atoms with van der Waals surface area (Å²) in [5, 5.41) is 11.4. The lowest BCUT2D eigenvalue weighted by Crippen LogP contribution is -2.05. The summed E-state index contributed by atoms with van der Waals surface area (Å²) in [6, 6.07) is 29.0. The fourth-order valence-corrected chi connectivity index (χ4v) is 4.51. The van der Waals surface area contributed by atoms with Gasteiger partial charge in [-0.15, -0.1) is 0 Å². The number of benzene rings is 4. The van der Waals surface area contributed by atoms with Gasteiger partial charge < -0.3 is 5.11 Å². The average molecular weight is 420 g/mol. The Morgan fingerprint density at radius 3 is 1.72 bits per heavy atom. The van der Waals surface area contributed by atoms with Crippen LogP contribution in [-0.2, 0) is 0 Å². The number of hydrogen-bond donors (Lipinski definition) is 1. The lowest BCUT2D eigenvalue weighted by molar-refractivity contribution is 0.466. The van der Waals surface area contributed by atoms with Crippen molar-refractivity contribution in [3.63, 3.8) is 0 Å².